The molecule has 0 spiro atoms. The average molecular weight is 245 g/mol. The highest BCUT2D eigenvalue weighted by Gasteiger charge is 2.27. The quantitative estimate of drug-likeness (QED) is 0.749. The van der Waals surface area contributed by atoms with Crippen molar-refractivity contribution in [3.8, 4) is 0 Å². The zero-order chi connectivity index (χ0) is 12.2. The fourth-order valence-electron chi connectivity index (χ4n) is 1.93. The van der Waals surface area contributed by atoms with E-state index in [1.807, 2.05) is 37.4 Å². The van der Waals surface area contributed by atoms with E-state index < -0.39 is 0 Å². The second-order valence-corrected chi connectivity index (χ2v) is 6.30. The molecule has 1 rings (SSSR count). The Morgan fingerprint density at radius 1 is 1.50 bits per heavy atom. The van der Waals surface area contributed by atoms with Crippen molar-refractivity contribution >= 4 is 17.9 Å². The summed E-state index contributed by atoms with van der Waals surface area (Å²) in [5, 5.41) is 0. The lowest BCUT2D eigenvalue weighted by atomic mass is 10.0. The first-order valence-corrected chi connectivity index (χ1v) is 7.28. The van der Waals surface area contributed by atoms with Gasteiger partial charge in [0, 0.05) is 13.1 Å². The largest absolute Gasteiger partial charge is 0.444 e. The zero-order valence-corrected chi connectivity index (χ0v) is 11.6. The highest BCUT2D eigenvalue weighted by Crippen LogP contribution is 2.21. The van der Waals surface area contributed by atoms with E-state index in [0.29, 0.717) is 5.92 Å². The number of rotatable bonds is 2. The highest BCUT2D eigenvalue weighted by molar-refractivity contribution is 7.98. The van der Waals surface area contributed by atoms with E-state index in [-0.39, 0.29) is 11.7 Å². The average Bonchev–Trinajstić information content (AvgIpc) is 2.16. The normalized spacial score (nSPS) is 22.0. The third kappa shape index (κ3) is 4.64. The summed E-state index contributed by atoms with van der Waals surface area (Å²) in [5.41, 5.74) is -0.385. The molecule has 0 saturated carbocycles. The smallest absolute Gasteiger partial charge is 0.410 e. The molecule has 0 aromatic heterocycles. The number of carbonyl (C=O) groups excluding carboxylic acids is 1. The Kier molecular flexibility index (Phi) is 4.96. The van der Waals surface area contributed by atoms with Crippen LogP contribution in [0, 0.1) is 5.92 Å². The molecule has 0 radical (unpaired) electrons. The van der Waals surface area contributed by atoms with Crippen LogP contribution in [0.5, 0.6) is 0 Å². The van der Waals surface area contributed by atoms with Crippen molar-refractivity contribution in [2.45, 2.75) is 39.2 Å². The molecule has 0 unspecified atom stereocenters. The van der Waals surface area contributed by atoms with Gasteiger partial charge in [0.15, 0.2) is 0 Å². The first-order valence-electron chi connectivity index (χ1n) is 5.89. The molecule has 1 amide bonds. The Hall–Kier alpha value is -0.380. The van der Waals surface area contributed by atoms with Crippen molar-refractivity contribution in [1.29, 1.82) is 0 Å². The molecule has 1 fully saturated rings. The van der Waals surface area contributed by atoms with E-state index in [2.05, 4.69) is 6.26 Å². The van der Waals surface area contributed by atoms with Crippen LogP contribution in [0.2, 0.25) is 0 Å². The summed E-state index contributed by atoms with van der Waals surface area (Å²) in [4.78, 5) is 13.7. The van der Waals surface area contributed by atoms with Crippen molar-refractivity contribution in [2.24, 2.45) is 5.92 Å². The third-order valence-electron chi connectivity index (χ3n) is 2.57. The molecule has 1 aliphatic heterocycles. The van der Waals surface area contributed by atoms with E-state index >= 15 is 0 Å². The number of nitrogens with zero attached hydrogens (tertiary/aromatic N) is 1. The zero-order valence-electron chi connectivity index (χ0n) is 10.8. The Labute approximate surface area is 103 Å². The Morgan fingerprint density at radius 2 is 2.19 bits per heavy atom. The van der Waals surface area contributed by atoms with Crippen molar-refractivity contribution in [2.75, 3.05) is 25.1 Å². The van der Waals surface area contributed by atoms with Gasteiger partial charge in [0.25, 0.3) is 0 Å². The summed E-state index contributed by atoms with van der Waals surface area (Å²) >= 11 is 1.86. The molecule has 0 aromatic carbocycles. The summed E-state index contributed by atoms with van der Waals surface area (Å²) in [5.74, 6) is 1.77. The number of ether oxygens (including phenoxy) is 1. The molecule has 0 bridgehead atoms. The third-order valence-corrected chi connectivity index (χ3v) is 3.38. The van der Waals surface area contributed by atoms with Gasteiger partial charge in [0.05, 0.1) is 0 Å². The van der Waals surface area contributed by atoms with Crippen LogP contribution in [0.3, 0.4) is 0 Å². The predicted molar refractivity (Wildman–Crippen MR) is 68.9 cm³/mol. The summed E-state index contributed by atoms with van der Waals surface area (Å²) in [6.07, 6.45) is 4.30. The number of carbonyl (C=O) groups is 1. The van der Waals surface area contributed by atoms with Crippen molar-refractivity contribution < 1.29 is 9.53 Å². The van der Waals surface area contributed by atoms with Crippen LogP contribution in [-0.4, -0.2) is 41.7 Å². The van der Waals surface area contributed by atoms with Gasteiger partial charge in [-0.25, -0.2) is 4.79 Å². The first kappa shape index (κ1) is 13.7. The number of piperidine rings is 1. The lowest BCUT2D eigenvalue weighted by Crippen LogP contribution is -2.43. The molecule has 1 aliphatic rings. The Balaban J connectivity index is 2.44. The van der Waals surface area contributed by atoms with Crippen LogP contribution in [0.1, 0.15) is 33.6 Å². The number of amides is 1. The molecule has 3 nitrogen and oxygen atoms in total. The molecule has 16 heavy (non-hydrogen) atoms. The van der Waals surface area contributed by atoms with Gasteiger partial charge in [0.1, 0.15) is 5.60 Å². The Morgan fingerprint density at radius 3 is 2.75 bits per heavy atom. The van der Waals surface area contributed by atoms with Gasteiger partial charge >= 0.3 is 6.09 Å². The fraction of sp³-hybridized carbons (Fsp3) is 0.917. The molecule has 1 saturated heterocycles. The molecule has 0 aliphatic carbocycles. The number of hydrogen-bond acceptors (Lipinski definition) is 3. The molecule has 0 aromatic rings. The van der Waals surface area contributed by atoms with Gasteiger partial charge in [-0.15, -0.1) is 0 Å². The number of likely N-dealkylation sites (tertiary alicyclic amines) is 1. The minimum atomic E-state index is -0.385. The maximum Gasteiger partial charge on any atom is 0.410 e. The monoisotopic (exact) mass is 245 g/mol. The van der Waals surface area contributed by atoms with Crippen LogP contribution in [0.25, 0.3) is 0 Å². The van der Waals surface area contributed by atoms with Crippen molar-refractivity contribution in [3.63, 3.8) is 0 Å². The van der Waals surface area contributed by atoms with E-state index in [1.165, 1.54) is 6.42 Å². The fourth-order valence-corrected chi connectivity index (χ4v) is 2.67. The maximum atomic E-state index is 11.9. The second-order valence-electron chi connectivity index (χ2n) is 5.39. The number of hydrogen-bond donors (Lipinski definition) is 0. The summed E-state index contributed by atoms with van der Waals surface area (Å²) in [7, 11) is 0. The van der Waals surface area contributed by atoms with Crippen LogP contribution < -0.4 is 0 Å². The number of thioether (sulfide) groups is 1. The van der Waals surface area contributed by atoms with Gasteiger partial charge in [0.2, 0.25) is 0 Å². The summed E-state index contributed by atoms with van der Waals surface area (Å²) < 4.78 is 5.38. The molecular formula is C12H23NO2S. The molecule has 0 N–H and O–H groups in total. The standard InChI is InChI=1S/C12H23NO2S/c1-12(2,3)15-11(14)13-7-5-6-10(8-13)9-16-4/h10H,5-9H2,1-4H3/t10-/m0/s1. The van der Waals surface area contributed by atoms with Crippen molar-refractivity contribution in [3.05, 3.63) is 0 Å². The molecule has 1 heterocycles. The maximum absolute atomic E-state index is 11.9. The highest BCUT2D eigenvalue weighted by atomic mass is 32.2. The van der Waals surface area contributed by atoms with Gasteiger partial charge in [-0.1, -0.05) is 0 Å². The minimum absolute atomic E-state index is 0.154. The lowest BCUT2D eigenvalue weighted by Gasteiger charge is -2.33. The van der Waals surface area contributed by atoms with Crippen LogP contribution in [-0.2, 0) is 4.74 Å². The van der Waals surface area contributed by atoms with Gasteiger partial charge in [-0.3, -0.25) is 0 Å². The van der Waals surface area contributed by atoms with E-state index in [0.717, 1.165) is 25.3 Å². The molecular weight excluding hydrogens is 222 g/mol. The van der Waals surface area contributed by atoms with Gasteiger partial charge in [-0.2, -0.15) is 11.8 Å². The van der Waals surface area contributed by atoms with Crippen LogP contribution in [0.15, 0.2) is 0 Å². The van der Waals surface area contributed by atoms with Crippen LogP contribution in [0.4, 0.5) is 4.79 Å². The SMILES string of the molecule is CSC[C@H]1CCCN(C(=O)OC(C)(C)C)C1. The van der Waals surface area contributed by atoms with E-state index in [9.17, 15) is 4.79 Å². The summed E-state index contributed by atoms with van der Waals surface area (Å²) in [6, 6.07) is 0. The molecule has 4 heteroatoms. The Bertz CT molecular complexity index is 236. The van der Waals surface area contributed by atoms with E-state index in [1.54, 1.807) is 0 Å². The topological polar surface area (TPSA) is 29.5 Å². The molecule has 1 atom stereocenters. The lowest BCUT2D eigenvalue weighted by molar-refractivity contribution is 0.0177. The first-order chi connectivity index (χ1) is 7.42. The van der Waals surface area contributed by atoms with Gasteiger partial charge < -0.3 is 9.64 Å². The molecule has 94 valence electrons. The van der Waals surface area contributed by atoms with Crippen LogP contribution >= 0.6 is 11.8 Å². The minimum Gasteiger partial charge on any atom is -0.444 e. The summed E-state index contributed by atoms with van der Waals surface area (Å²) in [6.45, 7) is 7.44. The second kappa shape index (κ2) is 5.80. The van der Waals surface area contributed by atoms with Gasteiger partial charge in [-0.05, 0) is 51.5 Å². The van der Waals surface area contributed by atoms with E-state index in [4.69, 9.17) is 4.74 Å². The predicted octanol–water partition coefficient (Wildman–Crippen LogP) is 3.00. The van der Waals surface area contributed by atoms with Crippen molar-refractivity contribution in [1.82, 2.24) is 4.90 Å².